The molecule has 3 aromatic heterocycles. The number of thiophene rings is 1. The van der Waals surface area contributed by atoms with Crippen molar-refractivity contribution in [2.45, 2.75) is 6.92 Å². The molecule has 9 heteroatoms. The fourth-order valence-electron chi connectivity index (χ4n) is 2.50. The van der Waals surface area contributed by atoms with Gasteiger partial charge in [0.15, 0.2) is 0 Å². The zero-order valence-corrected chi connectivity index (χ0v) is 15.9. The van der Waals surface area contributed by atoms with E-state index in [0.717, 1.165) is 26.5 Å². The lowest BCUT2D eigenvalue weighted by Crippen LogP contribution is -2.22. The molecule has 134 valence electrons. The number of nitrogens with zero attached hydrogens (tertiary/aromatic N) is 5. The van der Waals surface area contributed by atoms with E-state index in [1.165, 1.54) is 0 Å². The summed E-state index contributed by atoms with van der Waals surface area (Å²) in [5.41, 5.74) is 2.43. The number of benzene rings is 1. The summed E-state index contributed by atoms with van der Waals surface area (Å²) in [6, 6.07) is 13.8. The first-order valence-corrected chi connectivity index (χ1v) is 9.34. The summed E-state index contributed by atoms with van der Waals surface area (Å²) >= 11 is 6.71. The number of aromatic nitrogens is 5. The van der Waals surface area contributed by atoms with Gasteiger partial charge >= 0.3 is 0 Å². The molecule has 0 saturated carbocycles. The highest BCUT2D eigenvalue weighted by molar-refractivity contribution is 7.71. The van der Waals surface area contributed by atoms with Crippen LogP contribution in [0, 0.1) is 11.7 Å². The minimum absolute atomic E-state index is 0.134. The van der Waals surface area contributed by atoms with Crippen molar-refractivity contribution in [2.75, 3.05) is 0 Å². The zero-order valence-electron chi connectivity index (χ0n) is 14.2. The van der Waals surface area contributed by atoms with Crippen LogP contribution in [0.15, 0.2) is 63.9 Å². The Morgan fingerprint density at radius 1 is 1.22 bits per heavy atom. The molecule has 0 radical (unpaired) electrons. The van der Waals surface area contributed by atoms with Crippen LogP contribution < -0.4 is 5.56 Å². The third kappa shape index (κ3) is 3.42. The molecule has 0 unspecified atom stereocenters. The number of hydrogen-bond donors (Lipinski definition) is 1. The average Bonchev–Trinajstić information content (AvgIpc) is 3.35. The Balaban J connectivity index is 1.83. The maximum Gasteiger partial charge on any atom is 0.296 e. The van der Waals surface area contributed by atoms with Gasteiger partial charge in [-0.05, 0) is 42.7 Å². The summed E-state index contributed by atoms with van der Waals surface area (Å²) < 4.78 is 3.04. The van der Waals surface area contributed by atoms with Gasteiger partial charge in [-0.3, -0.25) is 9.89 Å². The zero-order chi connectivity index (χ0) is 18.8. The van der Waals surface area contributed by atoms with Crippen LogP contribution in [0.1, 0.15) is 11.3 Å². The molecule has 1 N–H and O–H groups in total. The number of nitrogens with one attached hydrogen (secondary N) is 1. The number of para-hydroxylation sites is 1. The Kier molecular flexibility index (Phi) is 4.61. The van der Waals surface area contributed by atoms with E-state index in [1.54, 1.807) is 29.2 Å². The van der Waals surface area contributed by atoms with E-state index in [1.807, 2.05) is 54.0 Å². The lowest BCUT2D eigenvalue weighted by Gasteiger charge is -1.99. The minimum Gasteiger partial charge on any atom is -0.265 e. The van der Waals surface area contributed by atoms with Gasteiger partial charge in [-0.2, -0.15) is 20.0 Å². The Morgan fingerprint density at radius 3 is 2.78 bits per heavy atom. The first-order chi connectivity index (χ1) is 13.1. The smallest absolute Gasteiger partial charge is 0.265 e. The second-order valence-electron chi connectivity index (χ2n) is 5.67. The first kappa shape index (κ1) is 17.3. The molecule has 27 heavy (non-hydrogen) atoms. The van der Waals surface area contributed by atoms with Crippen LogP contribution in [-0.4, -0.2) is 30.9 Å². The Morgan fingerprint density at radius 2 is 2.04 bits per heavy atom. The Bertz CT molecular complexity index is 1220. The third-order valence-electron chi connectivity index (χ3n) is 3.84. The fraction of sp³-hybridized carbons (Fsp3) is 0.0556. The minimum atomic E-state index is -0.358. The van der Waals surface area contributed by atoms with Gasteiger partial charge in [-0.25, -0.2) is 4.68 Å². The summed E-state index contributed by atoms with van der Waals surface area (Å²) in [5, 5.41) is 17.4. The van der Waals surface area contributed by atoms with Crippen LogP contribution in [0.25, 0.3) is 16.3 Å². The van der Waals surface area contributed by atoms with Crippen molar-refractivity contribution >= 4 is 29.8 Å². The van der Waals surface area contributed by atoms with Crippen molar-refractivity contribution in [3.05, 3.63) is 80.4 Å². The number of aryl methyl sites for hydroxylation is 1. The molecule has 1 aromatic carbocycles. The second kappa shape index (κ2) is 7.22. The molecule has 0 atom stereocenters. The van der Waals surface area contributed by atoms with E-state index >= 15 is 0 Å². The molecule has 0 spiro atoms. The first-order valence-electron chi connectivity index (χ1n) is 8.05. The molecule has 0 aliphatic carbocycles. The average molecular weight is 394 g/mol. The second-order valence-corrected chi connectivity index (χ2v) is 7.00. The topological polar surface area (TPSA) is 80.9 Å². The van der Waals surface area contributed by atoms with Crippen molar-refractivity contribution in [1.82, 2.24) is 24.7 Å². The Hall–Kier alpha value is -3.17. The quantitative estimate of drug-likeness (QED) is 0.425. The molecule has 0 saturated heterocycles. The van der Waals surface area contributed by atoms with Crippen molar-refractivity contribution in [2.24, 2.45) is 5.10 Å². The van der Waals surface area contributed by atoms with E-state index in [0.29, 0.717) is 5.69 Å². The van der Waals surface area contributed by atoms with Crippen molar-refractivity contribution in [3.63, 3.8) is 0 Å². The van der Waals surface area contributed by atoms with Crippen molar-refractivity contribution < 1.29 is 0 Å². The predicted molar refractivity (Wildman–Crippen MR) is 108 cm³/mol. The van der Waals surface area contributed by atoms with Gasteiger partial charge in [0.25, 0.3) is 5.56 Å². The number of rotatable bonds is 4. The summed E-state index contributed by atoms with van der Waals surface area (Å²) in [6.45, 7) is 1.60. The lowest BCUT2D eigenvalue weighted by atomic mass is 10.2. The maximum absolute atomic E-state index is 12.2. The highest BCUT2D eigenvalue weighted by Gasteiger charge is 2.12. The molecule has 0 amide bonds. The predicted octanol–water partition coefficient (Wildman–Crippen LogP) is 3.41. The third-order valence-corrected chi connectivity index (χ3v) is 4.98. The highest BCUT2D eigenvalue weighted by Crippen LogP contribution is 2.26. The van der Waals surface area contributed by atoms with Gasteiger partial charge in [0, 0.05) is 11.8 Å². The van der Waals surface area contributed by atoms with Crippen LogP contribution in [0.5, 0.6) is 0 Å². The van der Waals surface area contributed by atoms with Gasteiger partial charge in [0.05, 0.1) is 16.8 Å². The summed E-state index contributed by atoms with van der Waals surface area (Å²) in [6.07, 6.45) is 3.46. The monoisotopic (exact) mass is 394 g/mol. The molecule has 0 bridgehead atoms. The summed E-state index contributed by atoms with van der Waals surface area (Å²) in [4.78, 5) is 13.2. The number of aromatic amines is 1. The maximum atomic E-state index is 12.2. The van der Waals surface area contributed by atoms with Crippen LogP contribution in [0.2, 0.25) is 0 Å². The number of H-pyrrole nitrogens is 1. The summed E-state index contributed by atoms with van der Waals surface area (Å²) in [7, 11) is 0. The van der Waals surface area contributed by atoms with Gasteiger partial charge in [0.1, 0.15) is 11.4 Å². The normalized spacial score (nSPS) is 11.3. The van der Waals surface area contributed by atoms with E-state index in [4.69, 9.17) is 17.3 Å². The molecule has 4 rings (SSSR count). The van der Waals surface area contributed by atoms with E-state index < -0.39 is 0 Å². The fourth-order valence-corrected chi connectivity index (χ4v) is 3.40. The molecule has 4 aromatic rings. The van der Waals surface area contributed by atoms with Crippen LogP contribution >= 0.6 is 23.6 Å². The van der Waals surface area contributed by atoms with Gasteiger partial charge in [-0.15, -0.1) is 11.3 Å². The van der Waals surface area contributed by atoms with Crippen LogP contribution in [0.4, 0.5) is 0 Å². The van der Waals surface area contributed by atoms with Gasteiger partial charge in [0.2, 0.25) is 4.77 Å². The molecule has 0 fully saturated rings. The van der Waals surface area contributed by atoms with Crippen LogP contribution in [-0.2, 0) is 0 Å². The lowest BCUT2D eigenvalue weighted by molar-refractivity contribution is 0.720. The van der Waals surface area contributed by atoms with Crippen LogP contribution in [0.3, 0.4) is 0 Å². The molecule has 0 aliphatic rings. The number of hydrogen-bond acceptors (Lipinski definition) is 6. The summed E-state index contributed by atoms with van der Waals surface area (Å²) in [5.74, 6) is 0. The molecule has 3 heterocycles. The van der Waals surface area contributed by atoms with Gasteiger partial charge < -0.3 is 0 Å². The molecule has 0 aliphatic heterocycles. The molecular formula is C18H14N6OS2. The van der Waals surface area contributed by atoms with Gasteiger partial charge in [-0.1, -0.05) is 24.3 Å². The molecule has 7 nitrogen and oxygen atoms in total. The molecular weight excluding hydrogens is 380 g/mol. The van der Waals surface area contributed by atoms with Crippen molar-refractivity contribution in [1.29, 1.82) is 0 Å². The van der Waals surface area contributed by atoms with E-state index in [-0.39, 0.29) is 10.3 Å². The van der Waals surface area contributed by atoms with E-state index in [2.05, 4.69) is 15.3 Å². The Labute approximate surface area is 163 Å². The largest absolute Gasteiger partial charge is 0.296 e. The van der Waals surface area contributed by atoms with Crippen molar-refractivity contribution in [3.8, 4) is 16.3 Å². The highest BCUT2D eigenvalue weighted by atomic mass is 32.1. The SMILES string of the molecule is Cc1n[nH]c(=S)n(/N=C\c2cn(-c3ccccc3)nc2-c2cccs2)c1=O. The van der Waals surface area contributed by atoms with E-state index in [9.17, 15) is 4.79 Å². The standard InChI is InChI=1S/C18H14N6OS2/c1-12-17(25)24(18(26)21-20-12)19-10-13-11-23(14-6-3-2-4-7-14)22-16(13)15-8-5-9-27-15/h2-11H,1H3,(H,21,26)/b19-10-.